The van der Waals surface area contributed by atoms with Gasteiger partial charge in [0.1, 0.15) is 0 Å². The molecular weight excluding hydrogens is 160 g/mol. The topological polar surface area (TPSA) is 6.48 Å². The molecule has 2 aliphatic rings. The summed E-state index contributed by atoms with van der Waals surface area (Å²) in [7, 11) is 0. The second kappa shape index (κ2) is 3.58. The van der Waals surface area contributed by atoms with E-state index in [1.54, 1.807) is 0 Å². The second-order valence-electron chi connectivity index (χ2n) is 4.78. The van der Waals surface area contributed by atoms with Gasteiger partial charge in [0.15, 0.2) is 0 Å². The van der Waals surface area contributed by atoms with E-state index in [4.69, 9.17) is 0 Å². The first kappa shape index (κ1) is 9.47. The van der Waals surface area contributed by atoms with Crippen molar-refractivity contribution in [2.45, 2.75) is 26.7 Å². The quantitative estimate of drug-likeness (QED) is 0.637. The molecule has 0 amide bonds. The normalized spacial score (nSPS) is 29.1. The van der Waals surface area contributed by atoms with Crippen molar-refractivity contribution in [2.24, 2.45) is 5.41 Å². The fourth-order valence-electron chi connectivity index (χ4n) is 2.96. The summed E-state index contributed by atoms with van der Waals surface area (Å²) in [5.41, 5.74) is 0.699. The lowest BCUT2D eigenvalue weighted by Gasteiger charge is -2.54. The first-order chi connectivity index (χ1) is 6.28. The van der Waals surface area contributed by atoms with Gasteiger partial charge >= 0.3 is 0 Å². The molecule has 0 saturated carbocycles. The van der Waals surface area contributed by atoms with Crippen molar-refractivity contribution >= 4 is 0 Å². The van der Waals surface area contributed by atoms with E-state index in [1.165, 1.54) is 52.1 Å². The highest BCUT2D eigenvalue weighted by Gasteiger charge is 2.44. The van der Waals surface area contributed by atoms with E-state index >= 15 is 0 Å². The third kappa shape index (κ3) is 1.75. The van der Waals surface area contributed by atoms with E-state index in [0.29, 0.717) is 5.41 Å². The zero-order valence-corrected chi connectivity index (χ0v) is 9.05. The van der Waals surface area contributed by atoms with Crippen LogP contribution >= 0.6 is 0 Å². The zero-order chi connectivity index (χ0) is 9.31. The van der Waals surface area contributed by atoms with Crippen LogP contribution in [-0.2, 0) is 0 Å². The van der Waals surface area contributed by atoms with E-state index in [2.05, 4.69) is 23.6 Å². The summed E-state index contributed by atoms with van der Waals surface area (Å²) >= 11 is 0. The van der Waals surface area contributed by atoms with Gasteiger partial charge in [-0.1, -0.05) is 13.8 Å². The number of nitrogens with zero attached hydrogens (tertiary/aromatic N) is 2. The molecule has 0 aromatic heterocycles. The highest BCUT2D eigenvalue weighted by Crippen LogP contribution is 2.38. The minimum atomic E-state index is 0.699. The monoisotopic (exact) mass is 182 g/mol. The van der Waals surface area contributed by atoms with Crippen LogP contribution in [0.2, 0.25) is 0 Å². The molecule has 2 heterocycles. The maximum Gasteiger partial charge on any atom is 0.00852 e. The molecule has 2 aliphatic heterocycles. The molecule has 2 fully saturated rings. The summed E-state index contributed by atoms with van der Waals surface area (Å²) in [6.07, 6.45) is 2.89. The van der Waals surface area contributed by atoms with Crippen LogP contribution in [0.1, 0.15) is 26.7 Å². The Morgan fingerprint density at radius 3 is 2.23 bits per heavy atom. The van der Waals surface area contributed by atoms with Crippen LogP contribution in [0.3, 0.4) is 0 Å². The Morgan fingerprint density at radius 1 is 1.00 bits per heavy atom. The third-order valence-electron chi connectivity index (χ3n) is 3.75. The summed E-state index contributed by atoms with van der Waals surface area (Å²) in [4.78, 5) is 5.19. The van der Waals surface area contributed by atoms with Gasteiger partial charge in [-0.2, -0.15) is 0 Å². The van der Waals surface area contributed by atoms with Gasteiger partial charge < -0.3 is 9.80 Å². The Bertz CT molecular complexity index is 173. The molecule has 0 bridgehead atoms. The number of piperidine rings is 1. The van der Waals surface area contributed by atoms with Gasteiger partial charge in [-0.25, -0.2) is 0 Å². The molecule has 76 valence electrons. The maximum atomic E-state index is 2.62. The summed E-state index contributed by atoms with van der Waals surface area (Å²) in [6, 6.07) is 0. The zero-order valence-electron chi connectivity index (χ0n) is 9.05. The van der Waals surface area contributed by atoms with Crippen LogP contribution in [-0.4, -0.2) is 49.1 Å². The average Bonchev–Trinajstić information content (AvgIpc) is 2.14. The van der Waals surface area contributed by atoms with Gasteiger partial charge in [0, 0.05) is 25.0 Å². The largest absolute Gasteiger partial charge is 0.303 e. The van der Waals surface area contributed by atoms with E-state index in [0.717, 1.165) is 0 Å². The standard InChI is InChI=1S/C11H22N2/c1-3-12-7-5-6-11(8-12)9-13(4-2)10-11/h3-10H2,1-2H3. The minimum Gasteiger partial charge on any atom is -0.303 e. The molecule has 2 heteroatoms. The fourth-order valence-corrected chi connectivity index (χ4v) is 2.96. The Labute approximate surface area is 81.9 Å². The first-order valence-corrected chi connectivity index (χ1v) is 5.73. The molecule has 1 spiro atoms. The van der Waals surface area contributed by atoms with Crippen LogP contribution in [0.25, 0.3) is 0 Å². The molecule has 0 radical (unpaired) electrons. The predicted octanol–water partition coefficient (Wildman–Crippen LogP) is 1.42. The fraction of sp³-hybridized carbons (Fsp3) is 1.00. The number of likely N-dealkylation sites (tertiary alicyclic amines) is 2. The van der Waals surface area contributed by atoms with Crippen molar-refractivity contribution in [3.8, 4) is 0 Å². The molecule has 0 aromatic carbocycles. The molecular formula is C11H22N2. The molecule has 0 atom stereocenters. The third-order valence-corrected chi connectivity index (χ3v) is 3.75. The molecule has 0 N–H and O–H groups in total. The van der Waals surface area contributed by atoms with Crippen LogP contribution in [0.5, 0.6) is 0 Å². The van der Waals surface area contributed by atoms with Crippen molar-refractivity contribution < 1.29 is 0 Å². The Balaban J connectivity index is 1.86. The SMILES string of the molecule is CCN1CCCC2(C1)CN(CC)C2. The Hall–Kier alpha value is -0.0800. The molecule has 2 rings (SSSR count). The Kier molecular flexibility index (Phi) is 2.61. The number of hydrogen-bond donors (Lipinski definition) is 0. The molecule has 2 nitrogen and oxygen atoms in total. The maximum absolute atomic E-state index is 2.62. The summed E-state index contributed by atoms with van der Waals surface area (Å²) in [5.74, 6) is 0. The number of rotatable bonds is 2. The van der Waals surface area contributed by atoms with Gasteiger partial charge in [-0.05, 0) is 32.5 Å². The molecule has 0 aromatic rings. The molecule has 0 aliphatic carbocycles. The van der Waals surface area contributed by atoms with Crippen LogP contribution in [0.4, 0.5) is 0 Å². The van der Waals surface area contributed by atoms with E-state index in [-0.39, 0.29) is 0 Å². The molecule has 2 saturated heterocycles. The van der Waals surface area contributed by atoms with E-state index < -0.39 is 0 Å². The van der Waals surface area contributed by atoms with Crippen molar-refractivity contribution in [3.05, 3.63) is 0 Å². The summed E-state index contributed by atoms with van der Waals surface area (Å²) in [5, 5.41) is 0. The van der Waals surface area contributed by atoms with Crippen molar-refractivity contribution in [1.29, 1.82) is 0 Å². The van der Waals surface area contributed by atoms with E-state index in [1.807, 2.05) is 0 Å². The molecule has 13 heavy (non-hydrogen) atoms. The molecule has 0 unspecified atom stereocenters. The smallest absolute Gasteiger partial charge is 0.00852 e. The van der Waals surface area contributed by atoms with Crippen LogP contribution < -0.4 is 0 Å². The lowest BCUT2D eigenvalue weighted by Crippen LogP contribution is -2.62. The van der Waals surface area contributed by atoms with Gasteiger partial charge in [0.25, 0.3) is 0 Å². The highest BCUT2D eigenvalue weighted by molar-refractivity contribution is 4.98. The van der Waals surface area contributed by atoms with Crippen molar-refractivity contribution in [1.82, 2.24) is 9.80 Å². The summed E-state index contributed by atoms with van der Waals surface area (Å²) in [6.45, 7) is 12.5. The summed E-state index contributed by atoms with van der Waals surface area (Å²) < 4.78 is 0. The highest BCUT2D eigenvalue weighted by atomic mass is 15.2. The Morgan fingerprint density at radius 2 is 1.62 bits per heavy atom. The van der Waals surface area contributed by atoms with E-state index in [9.17, 15) is 0 Å². The minimum absolute atomic E-state index is 0.699. The lowest BCUT2D eigenvalue weighted by molar-refractivity contribution is -0.0500. The van der Waals surface area contributed by atoms with Crippen LogP contribution in [0, 0.1) is 5.41 Å². The average molecular weight is 182 g/mol. The predicted molar refractivity (Wildman–Crippen MR) is 55.9 cm³/mol. The van der Waals surface area contributed by atoms with Crippen molar-refractivity contribution in [3.63, 3.8) is 0 Å². The van der Waals surface area contributed by atoms with Gasteiger partial charge in [-0.3, -0.25) is 0 Å². The van der Waals surface area contributed by atoms with Gasteiger partial charge in [-0.15, -0.1) is 0 Å². The van der Waals surface area contributed by atoms with Crippen molar-refractivity contribution in [2.75, 3.05) is 39.3 Å². The van der Waals surface area contributed by atoms with Gasteiger partial charge in [0.05, 0.1) is 0 Å². The lowest BCUT2D eigenvalue weighted by atomic mass is 9.73. The first-order valence-electron chi connectivity index (χ1n) is 5.73. The number of hydrogen-bond acceptors (Lipinski definition) is 2. The van der Waals surface area contributed by atoms with Gasteiger partial charge in [0.2, 0.25) is 0 Å². The second-order valence-corrected chi connectivity index (χ2v) is 4.78. The van der Waals surface area contributed by atoms with Crippen LogP contribution in [0.15, 0.2) is 0 Å².